The van der Waals surface area contributed by atoms with Crippen LogP contribution in [0.25, 0.3) is 11.1 Å². The van der Waals surface area contributed by atoms with Crippen LogP contribution in [0.15, 0.2) is 36.7 Å². The van der Waals surface area contributed by atoms with Crippen molar-refractivity contribution in [1.82, 2.24) is 10.3 Å². The van der Waals surface area contributed by atoms with E-state index in [-0.39, 0.29) is 5.82 Å². The Morgan fingerprint density at radius 3 is 2.63 bits per heavy atom. The van der Waals surface area contributed by atoms with Crippen LogP contribution in [0.2, 0.25) is 0 Å². The second kappa shape index (κ2) is 5.93. The number of nitrogens with one attached hydrogen (secondary N) is 1. The molecule has 1 aromatic carbocycles. The standard InChI is InChI=1S/C16H19FN2/c1-11(2)19-9-13-7-15(10-18-8-13)14-4-5-16(17)12(3)6-14/h4-8,10-11,19H,9H2,1-3H3. The van der Waals surface area contributed by atoms with Gasteiger partial charge < -0.3 is 5.32 Å². The van der Waals surface area contributed by atoms with Crippen LogP contribution < -0.4 is 5.32 Å². The monoisotopic (exact) mass is 258 g/mol. The first-order chi connectivity index (χ1) is 9.06. The molecule has 0 bridgehead atoms. The van der Waals surface area contributed by atoms with Crippen molar-refractivity contribution in [3.8, 4) is 11.1 Å². The van der Waals surface area contributed by atoms with E-state index in [0.717, 1.165) is 23.2 Å². The summed E-state index contributed by atoms with van der Waals surface area (Å²) in [4.78, 5) is 4.26. The van der Waals surface area contributed by atoms with Crippen LogP contribution in [-0.2, 0) is 6.54 Å². The number of hydrogen-bond acceptors (Lipinski definition) is 2. The van der Waals surface area contributed by atoms with Gasteiger partial charge in [0.15, 0.2) is 0 Å². The second-order valence-electron chi connectivity index (χ2n) is 5.08. The van der Waals surface area contributed by atoms with Crippen molar-refractivity contribution in [2.24, 2.45) is 0 Å². The van der Waals surface area contributed by atoms with Crippen LogP contribution in [0.4, 0.5) is 4.39 Å². The zero-order valence-corrected chi connectivity index (χ0v) is 11.6. The predicted molar refractivity (Wildman–Crippen MR) is 76.3 cm³/mol. The van der Waals surface area contributed by atoms with E-state index in [4.69, 9.17) is 0 Å². The summed E-state index contributed by atoms with van der Waals surface area (Å²) in [5.74, 6) is -0.172. The zero-order valence-electron chi connectivity index (χ0n) is 11.6. The Balaban J connectivity index is 2.24. The number of halogens is 1. The van der Waals surface area contributed by atoms with E-state index in [1.807, 2.05) is 18.5 Å². The Labute approximate surface area is 113 Å². The molecule has 0 spiro atoms. The van der Waals surface area contributed by atoms with Crippen LogP contribution in [0.5, 0.6) is 0 Å². The van der Waals surface area contributed by atoms with Crippen LogP contribution in [0.3, 0.4) is 0 Å². The molecule has 0 unspecified atom stereocenters. The maximum atomic E-state index is 13.3. The van der Waals surface area contributed by atoms with Crippen molar-refractivity contribution < 1.29 is 4.39 Å². The van der Waals surface area contributed by atoms with Gasteiger partial charge in [-0.1, -0.05) is 19.9 Å². The first-order valence-corrected chi connectivity index (χ1v) is 6.50. The molecule has 0 saturated heterocycles. The molecule has 0 radical (unpaired) electrons. The smallest absolute Gasteiger partial charge is 0.126 e. The fraction of sp³-hybridized carbons (Fsp3) is 0.312. The van der Waals surface area contributed by atoms with Gasteiger partial charge in [-0.3, -0.25) is 4.98 Å². The molecule has 0 aliphatic rings. The topological polar surface area (TPSA) is 24.9 Å². The van der Waals surface area contributed by atoms with E-state index in [1.165, 1.54) is 6.07 Å². The summed E-state index contributed by atoms with van der Waals surface area (Å²) in [7, 11) is 0. The van der Waals surface area contributed by atoms with E-state index in [9.17, 15) is 4.39 Å². The molecule has 0 aliphatic heterocycles. The summed E-state index contributed by atoms with van der Waals surface area (Å²) in [6.45, 7) is 6.79. The third-order valence-corrected chi connectivity index (χ3v) is 3.00. The number of nitrogens with zero attached hydrogens (tertiary/aromatic N) is 1. The number of aromatic nitrogens is 1. The lowest BCUT2D eigenvalue weighted by Gasteiger charge is -2.09. The van der Waals surface area contributed by atoms with Gasteiger partial charge in [-0.15, -0.1) is 0 Å². The third-order valence-electron chi connectivity index (χ3n) is 3.00. The molecule has 1 aromatic heterocycles. The Bertz CT molecular complexity index is 564. The zero-order chi connectivity index (χ0) is 13.8. The molecular formula is C16H19FN2. The van der Waals surface area contributed by atoms with Crippen LogP contribution in [-0.4, -0.2) is 11.0 Å². The Hall–Kier alpha value is -1.74. The van der Waals surface area contributed by atoms with Gasteiger partial charge in [0.2, 0.25) is 0 Å². The van der Waals surface area contributed by atoms with Gasteiger partial charge in [0.25, 0.3) is 0 Å². The maximum absolute atomic E-state index is 13.3. The van der Waals surface area contributed by atoms with Crippen LogP contribution in [0, 0.1) is 12.7 Å². The number of benzene rings is 1. The molecule has 3 heteroatoms. The van der Waals surface area contributed by atoms with Gasteiger partial charge in [0.05, 0.1) is 0 Å². The highest BCUT2D eigenvalue weighted by Crippen LogP contribution is 2.22. The lowest BCUT2D eigenvalue weighted by atomic mass is 10.0. The maximum Gasteiger partial charge on any atom is 0.126 e. The number of aryl methyl sites for hydroxylation is 1. The molecule has 100 valence electrons. The molecule has 19 heavy (non-hydrogen) atoms. The van der Waals surface area contributed by atoms with Crippen molar-refractivity contribution in [2.75, 3.05) is 0 Å². The minimum absolute atomic E-state index is 0.172. The molecule has 0 amide bonds. The van der Waals surface area contributed by atoms with Crippen molar-refractivity contribution >= 4 is 0 Å². The fourth-order valence-corrected chi connectivity index (χ4v) is 1.89. The molecule has 2 nitrogen and oxygen atoms in total. The third kappa shape index (κ3) is 3.61. The van der Waals surface area contributed by atoms with Gasteiger partial charge in [-0.05, 0) is 41.8 Å². The highest BCUT2D eigenvalue weighted by Gasteiger charge is 2.04. The molecule has 2 rings (SSSR count). The van der Waals surface area contributed by atoms with Gasteiger partial charge >= 0.3 is 0 Å². The van der Waals surface area contributed by atoms with Gasteiger partial charge in [0, 0.05) is 30.5 Å². The Kier molecular flexibility index (Phi) is 4.27. The summed E-state index contributed by atoms with van der Waals surface area (Å²) < 4.78 is 13.3. The van der Waals surface area contributed by atoms with Crippen LogP contribution in [0.1, 0.15) is 25.0 Å². The largest absolute Gasteiger partial charge is 0.310 e. The Morgan fingerprint density at radius 2 is 1.95 bits per heavy atom. The highest BCUT2D eigenvalue weighted by atomic mass is 19.1. The van der Waals surface area contributed by atoms with Gasteiger partial charge in [-0.2, -0.15) is 0 Å². The summed E-state index contributed by atoms with van der Waals surface area (Å²) in [5.41, 5.74) is 3.81. The van der Waals surface area contributed by atoms with E-state index in [2.05, 4.69) is 30.2 Å². The lowest BCUT2D eigenvalue weighted by molar-refractivity contribution is 0.588. The lowest BCUT2D eigenvalue weighted by Crippen LogP contribution is -2.21. The number of hydrogen-bond donors (Lipinski definition) is 1. The average Bonchev–Trinajstić information content (AvgIpc) is 2.40. The summed E-state index contributed by atoms with van der Waals surface area (Å²) >= 11 is 0. The minimum Gasteiger partial charge on any atom is -0.310 e. The molecule has 0 fully saturated rings. The van der Waals surface area contributed by atoms with Crippen molar-refractivity contribution in [1.29, 1.82) is 0 Å². The van der Waals surface area contributed by atoms with E-state index in [1.54, 1.807) is 13.0 Å². The summed E-state index contributed by atoms with van der Waals surface area (Å²) in [6, 6.07) is 7.68. The van der Waals surface area contributed by atoms with E-state index >= 15 is 0 Å². The summed E-state index contributed by atoms with van der Waals surface area (Å²) in [6.07, 6.45) is 3.67. The first-order valence-electron chi connectivity index (χ1n) is 6.50. The van der Waals surface area contributed by atoms with Gasteiger partial charge in [-0.25, -0.2) is 4.39 Å². The predicted octanol–water partition coefficient (Wildman–Crippen LogP) is 3.69. The van der Waals surface area contributed by atoms with Gasteiger partial charge in [0.1, 0.15) is 5.82 Å². The Morgan fingerprint density at radius 1 is 1.16 bits per heavy atom. The number of rotatable bonds is 4. The van der Waals surface area contributed by atoms with Crippen molar-refractivity contribution in [3.05, 3.63) is 53.6 Å². The highest BCUT2D eigenvalue weighted by molar-refractivity contribution is 5.63. The average molecular weight is 258 g/mol. The number of pyridine rings is 1. The molecule has 2 aromatic rings. The quantitative estimate of drug-likeness (QED) is 0.904. The summed E-state index contributed by atoms with van der Waals surface area (Å²) in [5, 5.41) is 3.36. The molecule has 0 atom stereocenters. The van der Waals surface area contributed by atoms with Crippen molar-refractivity contribution in [2.45, 2.75) is 33.4 Å². The second-order valence-corrected chi connectivity index (χ2v) is 5.08. The molecule has 1 N–H and O–H groups in total. The molecule has 0 saturated carbocycles. The molecular weight excluding hydrogens is 239 g/mol. The first kappa shape index (κ1) is 13.7. The SMILES string of the molecule is Cc1cc(-c2cncc(CNC(C)C)c2)ccc1F. The molecule has 1 heterocycles. The van der Waals surface area contributed by atoms with Crippen molar-refractivity contribution in [3.63, 3.8) is 0 Å². The molecule has 0 aliphatic carbocycles. The van der Waals surface area contributed by atoms with E-state index in [0.29, 0.717) is 11.6 Å². The normalized spacial score (nSPS) is 11.0. The van der Waals surface area contributed by atoms with Crippen LogP contribution >= 0.6 is 0 Å². The fourth-order valence-electron chi connectivity index (χ4n) is 1.89. The minimum atomic E-state index is -0.172. The van der Waals surface area contributed by atoms with E-state index < -0.39 is 0 Å².